The van der Waals surface area contributed by atoms with Crippen LogP contribution >= 0.6 is 0 Å². The maximum absolute atomic E-state index is 12.7. The smallest absolute Gasteiger partial charge is 0.314 e. The first-order valence-electron chi connectivity index (χ1n) is 8.65. The van der Waals surface area contributed by atoms with Gasteiger partial charge in [0.25, 0.3) is 5.91 Å². The highest BCUT2D eigenvalue weighted by Crippen LogP contribution is 2.31. The minimum absolute atomic E-state index is 0.0442. The molecule has 2 rings (SSSR count). The van der Waals surface area contributed by atoms with Crippen molar-refractivity contribution in [3.63, 3.8) is 0 Å². The van der Waals surface area contributed by atoms with E-state index in [1.165, 1.54) is 25.3 Å². The molecule has 10 heteroatoms. The average molecular weight is 400 g/mol. The molecule has 1 aromatic rings. The standard InChI is InChI=1S/C17H24N2O7S/c1-4-12(2)18(13-7-8-27(23,24)11-13)17(20)10-26-16-6-5-14(25-3)9-15(16)19(21)22/h5-6,9,12-13H,4,7-8,10-11H2,1-3H3/t12-,13-/m0/s1. The molecule has 1 saturated heterocycles. The molecule has 150 valence electrons. The van der Waals surface area contributed by atoms with E-state index >= 15 is 0 Å². The zero-order chi connectivity index (χ0) is 20.2. The van der Waals surface area contributed by atoms with Gasteiger partial charge in [-0.05, 0) is 31.9 Å². The van der Waals surface area contributed by atoms with E-state index in [0.717, 1.165) is 0 Å². The minimum atomic E-state index is -3.15. The van der Waals surface area contributed by atoms with Crippen molar-refractivity contribution in [3.8, 4) is 11.5 Å². The van der Waals surface area contributed by atoms with Crippen LogP contribution in [-0.2, 0) is 14.6 Å². The van der Waals surface area contributed by atoms with Gasteiger partial charge in [0.05, 0.1) is 29.6 Å². The molecule has 9 nitrogen and oxygen atoms in total. The third kappa shape index (κ3) is 5.09. The quantitative estimate of drug-likeness (QED) is 0.482. The van der Waals surface area contributed by atoms with Crippen molar-refractivity contribution in [1.29, 1.82) is 0 Å². The molecule has 0 aromatic heterocycles. The number of carbonyl (C=O) groups excluding carboxylic acids is 1. The number of methoxy groups -OCH3 is 1. The number of benzene rings is 1. The number of hydrogen-bond donors (Lipinski definition) is 0. The molecule has 1 heterocycles. The highest BCUT2D eigenvalue weighted by atomic mass is 32.2. The van der Waals surface area contributed by atoms with Gasteiger partial charge in [-0.15, -0.1) is 0 Å². The van der Waals surface area contributed by atoms with E-state index in [-0.39, 0.29) is 29.0 Å². The van der Waals surface area contributed by atoms with Crippen molar-refractivity contribution in [1.82, 2.24) is 4.90 Å². The topological polar surface area (TPSA) is 116 Å². The third-order valence-electron chi connectivity index (χ3n) is 4.67. The van der Waals surface area contributed by atoms with Gasteiger partial charge in [0.15, 0.2) is 22.2 Å². The molecule has 27 heavy (non-hydrogen) atoms. The second kappa shape index (κ2) is 8.55. The van der Waals surface area contributed by atoms with E-state index in [1.54, 1.807) is 4.90 Å². The average Bonchev–Trinajstić information content (AvgIpc) is 2.98. The number of nitrogens with zero attached hydrogens (tertiary/aromatic N) is 2. The second-order valence-corrected chi connectivity index (χ2v) is 8.72. The molecule has 2 atom stereocenters. The van der Waals surface area contributed by atoms with Crippen molar-refractivity contribution < 1.29 is 27.6 Å². The van der Waals surface area contributed by atoms with Crippen molar-refractivity contribution >= 4 is 21.4 Å². The molecule has 0 N–H and O–H groups in total. The van der Waals surface area contributed by atoms with E-state index in [2.05, 4.69) is 0 Å². The summed E-state index contributed by atoms with van der Waals surface area (Å²) in [6.07, 6.45) is 1.05. The largest absolute Gasteiger partial charge is 0.496 e. The number of nitro groups is 1. The lowest BCUT2D eigenvalue weighted by Crippen LogP contribution is -2.48. The van der Waals surface area contributed by atoms with Crippen LogP contribution in [0.1, 0.15) is 26.7 Å². The van der Waals surface area contributed by atoms with E-state index in [9.17, 15) is 23.3 Å². The van der Waals surface area contributed by atoms with E-state index in [0.29, 0.717) is 18.6 Å². The van der Waals surface area contributed by atoms with Gasteiger partial charge in [0.1, 0.15) is 5.75 Å². The molecule has 1 aromatic carbocycles. The molecule has 0 spiro atoms. The van der Waals surface area contributed by atoms with Crippen LogP contribution in [0.5, 0.6) is 11.5 Å². The normalized spacial score (nSPS) is 19.3. The Kier molecular flexibility index (Phi) is 6.63. The Hall–Kier alpha value is -2.36. The van der Waals surface area contributed by atoms with Gasteiger partial charge in [-0.2, -0.15) is 0 Å². The summed E-state index contributed by atoms with van der Waals surface area (Å²) in [7, 11) is -1.75. The minimum Gasteiger partial charge on any atom is -0.496 e. The van der Waals surface area contributed by atoms with Gasteiger partial charge in [0, 0.05) is 12.1 Å². The Bertz CT molecular complexity index is 809. The molecule has 1 fully saturated rings. The molecule has 1 amide bonds. The maximum atomic E-state index is 12.7. The summed E-state index contributed by atoms with van der Waals surface area (Å²) in [6, 6.07) is 3.54. The summed E-state index contributed by atoms with van der Waals surface area (Å²) in [5.74, 6) is -0.138. The van der Waals surface area contributed by atoms with E-state index in [4.69, 9.17) is 9.47 Å². The molecule has 0 saturated carbocycles. The summed E-state index contributed by atoms with van der Waals surface area (Å²) in [5.41, 5.74) is -0.305. The number of carbonyl (C=O) groups is 1. The summed E-state index contributed by atoms with van der Waals surface area (Å²) in [4.78, 5) is 24.9. The van der Waals surface area contributed by atoms with E-state index in [1.807, 2.05) is 13.8 Å². The van der Waals surface area contributed by atoms with Gasteiger partial charge in [-0.25, -0.2) is 8.42 Å². The molecule has 1 aliphatic heterocycles. The van der Waals surface area contributed by atoms with Gasteiger partial charge in [-0.3, -0.25) is 14.9 Å². The Labute approximate surface area is 158 Å². The molecule has 0 unspecified atom stereocenters. The van der Waals surface area contributed by atoms with Crippen LogP contribution in [0.4, 0.5) is 5.69 Å². The number of rotatable bonds is 8. The van der Waals surface area contributed by atoms with Gasteiger partial charge < -0.3 is 14.4 Å². The van der Waals surface area contributed by atoms with Crippen molar-refractivity contribution in [2.24, 2.45) is 0 Å². The summed E-state index contributed by atoms with van der Waals surface area (Å²) < 4.78 is 33.9. The first kappa shape index (κ1) is 20.9. The number of hydrogen-bond acceptors (Lipinski definition) is 7. The SMILES string of the molecule is CC[C@H](C)N(C(=O)COc1ccc(OC)cc1[N+](=O)[O-])[C@H]1CCS(=O)(=O)C1. The second-order valence-electron chi connectivity index (χ2n) is 6.49. The van der Waals surface area contributed by atoms with Gasteiger partial charge >= 0.3 is 5.69 Å². The molecular formula is C17H24N2O7S. The molecule has 0 aliphatic carbocycles. The first-order valence-corrected chi connectivity index (χ1v) is 10.5. The van der Waals surface area contributed by atoms with Crippen LogP contribution in [0.3, 0.4) is 0 Å². The molecule has 0 bridgehead atoms. The highest BCUT2D eigenvalue weighted by Gasteiger charge is 2.36. The molecular weight excluding hydrogens is 376 g/mol. The highest BCUT2D eigenvalue weighted by molar-refractivity contribution is 7.91. The lowest BCUT2D eigenvalue weighted by molar-refractivity contribution is -0.385. The zero-order valence-corrected chi connectivity index (χ0v) is 16.4. The van der Waals surface area contributed by atoms with Crippen LogP contribution < -0.4 is 9.47 Å². The molecule has 0 radical (unpaired) electrons. The van der Waals surface area contributed by atoms with Crippen molar-refractivity contribution in [2.75, 3.05) is 25.2 Å². The number of nitro benzene ring substituents is 1. The predicted octanol–water partition coefficient (Wildman–Crippen LogP) is 1.80. The Morgan fingerprint density at radius 1 is 1.44 bits per heavy atom. The summed E-state index contributed by atoms with van der Waals surface area (Å²) in [5, 5.41) is 11.2. The first-order chi connectivity index (χ1) is 12.7. The number of sulfone groups is 1. The predicted molar refractivity (Wildman–Crippen MR) is 98.8 cm³/mol. The van der Waals surface area contributed by atoms with Gasteiger partial charge in [0.2, 0.25) is 0 Å². The molecule has 1 aliphatic rings. The number of amides is 1. The van der Waals surface area contributed by atoms with Gasteiger partial charge in [-0.1, -0.05) is 6.92 Å². The Morgan fingerprint density at radius 2 is 2.15 bits per heavy atom. The van der Waals surface area contributed by atoms with Crippen LogP contribution in [0.25, 0.3) is 0 Å². The van der Waals surface area contributed by atoms with Crippen LogP contribution in [0.2, 0.25) is 0 Å². The third-order valence-corrected chi connectivity index (χ3v) is 6.42. The fourth-order valence-electron chi connectivity index (χ4n) is 3.10. The monoisotopic (exact) mass is 400 g/mol. The van der Waals surface area contributed by atoms with Crippen LogP contribution in [-0.4, -0.2) is 61.5 Å². The summed E-state index contributed by atoms with van der Waals surface area (Å²) >= 11 is 0. The summed E-state index contributed by atoms with van der Waals surface area (Å²) in [6.45, 7) is 3.34. The maximum Gasteiger partial charge on any atom is 0.314 e. The van der Waals surface area contributed by atoms with Crippen LogP contribution in [0, 0.1) is 10.1 Å². The Morgan fingerprint density at radius 3 is 2.67 bits per heavy atom. The Balaban J connectivity index is 2.15. The lowest BCUT2D eigenvalue weighted by atomic mass is 10.1. The van der Waals surface area contributed by atoms with Crippen LogP contribution in [0.15, 0.2) is 18.2 Å². The fraction of sp³-hybridized carbons (Fsp3) is 0.588. The van der Waals surface area contributed by atoms with Crippen molar-refractivity contribution in [2.45, 2.75) is 38.8 Å². The van der Waals surface area contributed by atoms with E-state index < -0.39 is 33.3 Å². The number of ether oxygens (including phenoxy) is 2. The fourth-order valence-corrected chi connectivity index (χ4v) is 4.82. The lowest BCUT2D eigenvalue weighted by Gasteiger charge is -2.33. The zero-order valence-electron chi connectivity index (χ0n) is 15.6. The van der Waals surface area contributed by atoms with Crippen molar-refractivity contribution in [3.05, 3.63) is 28.3 Å².